The molecule has 286 valence electrons. The number of imidazole rings is 1. The van der Waals surface area contributed by atoms with Crippen LogP contribution in [0.25, 0.3) is 11.0 Å². The number of rotatable bonds is 8. The van der Waals surface area contributed by atoms with Gasteiger partial charge in [0.2, 0.25) is 11.5 Å². The van der Waals surface area contributed by atoms with Gasteiger partial charge >= 0.3 is 18.5 Å². The highest BCUT2D eigenvalue weighted by Gasteiger charge is 2.55. The second-order valence-electron chi connectivity index (χ2n) is 12.3. The number of piperidine rings is 1. The first-order valence-electron chi connectivity index (χ1n) is 15.5. The minimum absolute atomic E-state index is 0.00380. The smallest absolute Gasteiger partial charge is 0.373 e. The summed E-state index contributed by atoms with van der Waals surface area (Å²) in [7, 11) is 1.54. The van der Waals surface area contributed by atoms with E-state index in [2.05, 4.69) is 20.6 Å². The second-order valence-corrected chi connectivity index (χ2v) is 13.1. The number of amides is 2. The molecule has 1 fully saturated rings. The lowest BCUT2D eigenvalue weighted by molar-refractivity contribution is -0.245. The number of nitrogens with one attached hydrogen (secondary N) is 3. The number of alkyl halides is 9. The van der Waals surface area contributed by atoms with Gasteiger partial charge in [0.25, 0.3) is 11.8 Å². The standard InChI is InChI=1S/C32H28Cl2F9N7O3/c1-29(53,32(41,42)43)27(52)44-14-15-6-7-18(33)25(24(15)34)48-28-45-19-12-17(26(51)47-23-5-3-4-22(46-23)31(38,39)40)20(13-21(19)49(28)2)50-10-8-16(9-11-50)30(35,36)37/h3-7,12-13,16,53H,8-11,14H2,1-2H3,(H,44,52)(H,45,48)(H,46,47,51)/t29-/m1/s1. The number of anilines is 4. The van der Waals surface area contributed by atoms with Crippen LogP contribution in [-0.4, -0.2) is 62.5 Å². The van der Waals surface area contributed by atoms with Crippen LogP contribution >= 0.6 is 23.2 Å². The van der Waals surface area contributed by atoms with Gasteiger partial charge in [0, 0.05) is 26.7 Å². The van der Waals surface area contributed by atoms with Crippen LogP contribution in [0.15, 0.2) is 42.5 Å². The number of hydrogen-bond donors (Lipinski definition) is 4. The van der Waals surface area contributed by atoms with Crippen molar-refractivity contribution in [2.24, 2.45) is 13.0 Å². The van der Waals surface area contributed by atoms with Gasteiger partial charge in [0.1, 0.15) is 11.5 Å². The number of halogens is 11. The van der Waals surface area contributed by atoms with Crippen molar-refractivity contribution in [3.8, 4) is 0 Å². The Hall–Kier alpha value is -4.49. The first kappa shape index (κ1) is 39.7. The summed E-state index contributed by atoms with van der Waals surface area (Å²) in [6, 6.07) is 8.33. The Bertz CT molecular complexity index is 2040. The Morgan fingerprint density at radius 2 is 1.62 bits per heavy atom. The summed E-state index contributed by atoms with van der Waals surface area (Å²) in [6.07, 6.45) is -15.1. The molecular weight excluding hydrogens is 772 g/mol. The zero-order valence-electron chi connectivity index (χ0n) is 27.4. The number of pyridine rings is 1. The molecule has 0 spiro atoms. The molecule has 0 saturated carbocycles. The van der Waals surface area contributed by atoms with E-state index in [-0.39, 0.29) is 76.9 Å². The molecule has 1 aliphatic heterocycles. The molecule has 53 heavy (non-hydrogen) atoms. The second kappa shape index (κ2) is 14.4. The molecule has 0 unspecified atom stereocenters. The average Bonchev–Trinajstić information content (AvgIpc) is 3.37. The number of nitrogens with zero attached hydrogens (tertiary/aromatic N) is 4. The SMILES string of the molecule is Cn1c(Nc2c(Cl)ccc(CNC(=O)[C@@](C)(O)C(F)(F)F)c2Cl)nc2cc(C(=O)Nc3cccc(C(F)(F)F)n3)c(N3CCC(C(F)(F)F)CC3)cc21. The third-order valence-electron chi connectivity index (χ3n) is 8.66. The highest BCUT2D eigenvalue weighted by atomic mass is 35.5. The predicted octanol–water partition coefficient (Wildman–Crippen LogP) is 8.00. The molecule has 3 heterocycles. The van der Waals surface area contributed by atoms with Crippen molar-refractivity contribution >= 4 is 69.2 Å². The van der Waals surface area contributed by atoms with Crippen molar-refractivity contribution in [3.63, 3.8) is 0 Å². The summed E-state index contributed by atoms with van der Waals surface area (Å²) >= 11 is 12.9. The van der Waals surface area contributed by atoms with Crippen LogP contribution in [0.3, 0.4) is 0 Å². The maximum Gasteiger partial charge on any atom is 0.433 e. The van der Waals surface area contributed by atoms with E-state index in [1.54, 1.807) is 4.90 Å². The lowest BCUT2D eigenvalue weighted by Crippen LogP contribution is -2.54. The Morgan fingerprint density at radius 1 is 0.962 bits per heavy atom. The van der Waals surface area contributed by atoms with Crippen molar-refractivity contribution in [1.82, 2.24) is 19.9 Å². The van der Waals surface area contributed by atoms with Crippen LogP contribution in [0.2, 0.25) is 10.0 Å². The van der Waals surface area contributed by atoms with Gasteiger partial charge in [-0.2, -0.15) is 39.5 Å². The molecule has 2 amide bonds. The fourth-order valence-corrected chi connectivity index (χ4v) is 6.04. The number of carbonyl (C=O) groups excluding carboxylic acids is 2. The molecule has 0 radical (unpaired) electrons. The zero-order valence-corrected chi connectivity index (χ0v) is 28.9. The molecule has 1 saturated heterocycles. The van der Waals surface area contributed by atoms with Crippen molar-refractivity contribution < 1.29 is 54.2 Å². The summed E-state index contributed by atoms with van der Waals surface area (Å²) < 4.78 is 121. The van der Waals surface area contributed by atoms with E-state index in [4.69, 9.17) is 23.2 Å². The molecule has 0 bridgehead atoms. The third-order valence-corrected chi connectivity index (χ3v) is 9.41. The van der Waals surface area contributed by atoms with Gasteiger partial charge in [-0.25, -0.2) is 9.97 Å². The molecular formula is C32H28Cl2F9N7O3. The minimum atomic E-state index is -5.26. The fraction of sp³-hybridized carbons (Fsp3) is 0.375. The maximum atomic E-state index is 13.6. The number of aromatic nitrogens is 3. The van der Waals surface area contributed by atoms with E-state index in [0.717, 1.165) is 12.1 Å². The topological polar surface area (TPSA) is 124 Å². The average molecular weight is 801 g/mol. The van der Waals surface area contributed by atoms with Crippen molar-refractivity contribution in [1.29, 1.82) is 0 Å². The molecule has 10 nitrogen and oxygen atoms in total. The highest BCUT2D eigenvalue weighted by molar-refractivity contribution is 6.39. The summed E-state index contributed by atoms with van der Waals surface area (Å²) in [6.45, 7) is -0.467. The first-order valence-corrected chi connectivity index (χ1v) is 16.2. The number of carbonyl (C=O) groups is 2. The zero-order chi connectivity index (χ0) is 39.3. The molecule has 21 heteroatoms. The molecule has 1 atom stereocenters. The number of hydrogen-bond acceptors (Lipinski definition) is 7. The Labute approximate surface area is 304 Å². The van der Waals surface area contributed by atoms with Gasteiger partial charge in [0.15, 0.2) is 0 Å². The number of aliphatic hydroxyl groups is 1. The normalized spacial score (nSPS) is 15.7. The minimum Gasteiger partial charge on any atom is -0.373 e. The van der Waals surface area contributed by atoms with Gasteiger partial charge in [-0.15, -0.1) is 0 Å². The Morgan fingerprint density at radius 3 is 2.23 bits per heavy atom. The summed E-state index contributed by atoms with van der Waals surface area (Å²) in [4.78, 5) is 35.2. The maximum absolute atomic E-state index is 13.6. The first-order chi connectivity index (χ1) is 24.5. The van der Waals surface area contributed by atoms with E-state index in [9.17, 15) is 54.2 Å². The van der Waals surface area contributed by atoms with Crippen molar-refractivity contribution in [2.45, 2.75) is 50.4 Å². The van der Waals surface area contributed by atoms with Gasteiger partial charge in [-0.1, -0.05) is 35.3 Å². The van der Waals surface area contributed by atoms with Crippen molar-refractivity contribution in [3.05, 3.63) is 69.3 Å². The van der Waals surface area contributed by atoms with Crippen LogP contribution in [-0.2, 0) is 24.6 Å². The largest absolute Gasteiger partial charge is 0.433 e. The van der Waals surface area contributed by atoms with Crippen LogP contribution in [0.4, 0.5) is 62.7 Å². The van der Waals surface area contributed by atoms with E-state index >= 15 is 0 Å². The molecule has 2 aromatic heterocycles. The Kier molecular flexibility index (Phi) is 10.8. The highest BCUT2D eigenvalue weighted by Crippen LogP contribution is 2.40. The summed E-state index contributed by atoms with van der Waals surface area (Å²) in [5.74, 6) is -4.61. The molecule has 2 aromatic carbocycles. The van der Waals surface area contributed by atoms with E-state index < -0.39 is 59.9 Å². The molecule has 4 N–H and O–H groups in total. The lowest BCUT2D eigenvalue weighted by atomic mass is 9.95. The Balaban J connectivity index is 1.49. The van der Waals surface area contributed by atoms with Crippen LogP contribution in [0.5, 0.6) is 0 Å². The quantitative estimate of drug-likeness (QED) is 0.133. The van der Waals surface area contributed by atoms with Gasteiger partial charge in [-0.3, -0.25) is 9.59 Å². The molecule has 5 rings (SSSR count). The van der Waals surface area contributed by atoms with E-state index in [1.165, 1.54) is 35.9 Å². The van der Waals surface area contributed by atoms with Gasteiger partial charge in [-0.05, 0) is 55.7 Å². The van der Waals surface area contributed by atoms with Crippen LogP contribution in [0.1, 0.15) is 41.4 Å². The van der Waals surface area contributed by atoms with E-state index in [0.29, 0.717) is 11.6 Å². The van der Waals surface area contributed by atoms with Gasteiger partial charge in [0.05, 0.1) is 43.9 Å². The van der Waals surface area contributed by atoms with E-state index in [1.807, 2.05) is 5.32 Å². The van der Waals surface area contributed by atoms with Crippen LogP contribution in [0, 0.1) is 5.92 Å². The number of benzene rings is 2. The van der Waals surface area contributed by atoms with Crippen LogP contribution < -0.4 is 20.9 Å². The third kappa shape index (κ3) is 8.36. The fourth-order valence-electron chi connectivity index (χ4n) is 5.51. The monoisotopic (exact) mass is 799 g/mol. The molecule has 0 aliphatic carbocycles. The van der Waals surface area contributed by atoms with Gasteiger partial charge < -0.3 is 30.5 Å². The van der Waals surface area contributed by atoms with Crippen molar-refractivity contribution in [2.75, 3.05) is 28.6 Å². The lowest BCUT2D eigenvalue weighted by Gasteiger charge is -2.35. The predicted molar refractivity (Wildman–Crippen MR) is 177 cm³/mol. The molecule has 4 aromatic rings. The summed E-state index contributed by atoms with van der Waals surface area (Å²) in [5.41, 5.74) is -4.32. The number of aryl methyl sites for hydroxylation is 1. The molecule has 1 aliphatic rings. The summed E-state index contributed by atoms with van der Waals surface area (Å²) in [5, 5.41) is 16.7. The number of fused-ring (bicyclic) bond motifs is 1.